The number of hydrogen-bond donors (Lipinski definition) is 0. The molecule has 2 aromatic rings. The van der Waals surface area contributed by atoms with Crippen molar-refractivity contribution in [3.05, 3.63) is 36.4 Å². The van der Waals surface area contributed by atoms with Crippen molar-refractivity contribution < 1.29 is 14.0 Å². The van der Waals surface area contributed by atoms with Crippen LogP contribution in [0.15, 0.2) is 56.0 Å². The van der Waals surface area contributed by atoms with Crippen LogP contribution in [0.5, 0.6) is 0 Å². The molecule has 1 saturated heterocycles. The van der Waals surface area contributed by atoms with Gasteiger partial charge in [0.2, 0.25) is 0 Å². The molecule has 2 heterocycles. The Bertz CT molecular complexity index is 1020. The van der Waals surface area contributed by atoms with Crippen LogP contribution in [0.1, 0.15) is 55.4 Å². The summed E-state index contributed by atoms with van der Waals surface area (Å²) in [4.78, 5) is 5.02. The van der Waals surface area contributed by atoms with Crippen LogP contribution in [0.3, 0.4) is 0 Å². The predicted octanol–water partition coefficient (Wildman–Crippen LogP) is 5.30. The average molecular weight is 485 g/mol. The number of benzene rings is 2. The third-order valence-corrected chi connectivity index (χ3v) is 10.2. The maximum atomic E-state index is 6.26. The van der Waals surface area contributed by atoms with Gasteiger partial charge in [0, 0.05) is 24.7 Å². The Morgan fingerprint density at radius 3 is 1.97 bits per heavy atom. The van der Waals surface area contributed by atoms with Gasteiger partial charge in [0.05, 0.1) is 16.8 Å². The summed E-state index contributed by atoms with van der Waals surface area (Å²) in [5.74, 6) is 0. The smallest absolute Gasteiger partial charge is 0.429 e. The van der Waals surface area contributed by atoms with E-state index in [4.69, 9.17) is 14.0 Å². The van der Waals surface area contributed by atoms with Crippen molar-refractivity contribution in [1.82, 2.24) is 0 Å². The maximum Gasteiger partial charge on any atom is 0.494 e. The Morgan fingerprint density at radius 1 is 0.844 bits per heavy atom. The second kappa shape index (κ2) is 8.36. The largest absolute Gasteiger partial charge is 0.494 e. The molecule has 0 amide bonds. The van der Waals surface area contributed by atoms with Crippen LogP contribution in [0.2, 0.25) is 0 Å². The van der Waals surface area contributed by atoms with Crippen LogP contribution in [0.4, 0.5) is 0 Å². The molecule has 2 aliphatic heterocycles. The van der Waals surface area contributed by atoms with Crippen LogP contribution in [-0.4, -0.2) is 36.6 Å². The van der Waals surface area contributed by atoms with E-state index < -0.39 is 0 Å². The molecule has 1 atom stereocenters. The Balaban J connectivity index is 1.52. The topological polar surface area (TPSA) is 27.7 Å². The van der Waals surface area contributed by atoms with E-state index in [0.29, 0.717) is 0 Å². The summed E-state index contributed by atoms with van der Waals surface area (Å²) in [6, 6.07) is 13.0. The summed E-state index contributed by atoms with van der Waals surface area (Å²) in [6.45, 7) is 16.9. The van der Waals surface area contributed by atoms with Gasteiger partial charge in [-0.2, -0.15) is 0 Å². The second-order valence-electron chi connectivity index (χ2n) is 10.7. The van der Waals surface area contributed by atoms with E-state index in [-0.39, 0.29) is 29.1 Å². The Labute approximate surface area is 205 Å². The molecule has 1 fully saturated rings. The van der Waals surface area contributed by atoms with Crippen molar-refractivity contribution in [2.75, 3.05) is 0 Å². The molecule has 32 heavy (non-hydrogen) atoms. The van der Waals surface area contributed by atoms with E-state index in [2.05, 4.69) is 101 Å². The van der Waals surface area contributed by atoms with Gasteiger partial charge in [-0.25, -0.2) is 0 Å². The first-order valence-electron chi connectivity index (χ1n) is 11.0. The van der Waals surface area contributed by atoms with Crippen molar-refractivity contribution in [2.45, 2.75) is 96.9 Å². The van der Waals surface area contributed by atoms with Gasteiger partial charge in [0.25, 0.3) is 0 Å². The molecule has 4 rings (SSSR count). The highest BCUT2D eigenvalue weighted by Crippen LogP contribution is 2.48. The molecule has 169 valence electrons. The van der Waals surface area contributed by atoms with Crippen LogP contribution in [0, 0.1) is 0 Å². The average Bonchev–Trinajstić information content (AvgIpc) is 2.90. The minimum atomic E-state index is -0.345. The zero-order chi connectivity index (χ0) is 23.5. The van der Waals surface area contributed by atoms with Gasteiger partial charge in [0.1, 0.15) is 0 Å². The number of rotatable bonds is 5. The molecule has 0 bridgehead atoms. The molecule has 0 aromatic heterocycles. The summed E-state index contributed by atoms with van der Waals surface area (Å²) < 4.78 is 18.7. The van der Waals surface area contributed by atoms with Crippen molar-refractivity contribution in [3.8, 4) is 0 Å². The highest BCUT2D eigenvalue weighted by Gasteiger charge is 2.51. The first-order valence-corrected chi connectivity index (χ1v) is 13.2. The Kier molecular flexibility index (Phi) is 6.45. The van der Waals surface area contributed by atoms with E-state index in [1.54, 1.807) is 11.8 Å². The van der Waals surface area contributed by atoms with E-state index >= 15 is 0 Å². The quantitative estimate of drug-likeness (QED) is 0.362. The van der Waals surface area contributed by atoms with Gasteiger partial charge < -0.3 is 14.0 Å². The highest BCUT2D eigenvalue weighted by atomic mass is 32.2. The molecule has 0 aliphatic carbocycles. The monoisotopic (exact) mass is 485 g/mol. The maximum absolute atomic E-state index is 6.26. The molecule has 1 radical (unpaired) electrons. The van der Waals surface area contributed by atoms with Crippen LogP contribution in [0.25, 0.3) is 0 Å². The normalized spacial score (nSPS) is 19.5. The van der Waals surface area contributed by atoms with Gasteiger partial charge in [-0.05, 0) is 65.2 Å². The zero-order valence-electron chi connectivity index (χ0n) is 20.2. The van der Waals surface area contributed by atoms with Crippen LogP contribution < -0.4 is 10.9 Å². The molecule has 1 unspecified atom stereocenters. The van der Waals surface area contributed by atoms with Crippen molar-refractivity contribution >= 4 is 58.3 Å². The molecular weight excluding hydrogens is 453 g/mol. The molecule has 3 nitrogen and oxygen atoms in total. The lowest BCUT2D eigenvalue weighted by atomic mass is 9.79. The molecule has 0 N–H and O–H groups in total. The SMILES string of the molecule is CC(C)(P)C(C)(C)O[B]c1ccc2c(c1)Sc1cc(B3OC(C)(C)C(C)(C)O3)ccc1S2. The Morgan fingerprint density at radius 2 is 1.38 bits per heavy atom. The van der Waals surface area contributed by atoms with Crippen LogP contribution >= 0.6 is 32.8 Å². The van der Waals surface area contributed by atoms with Crippen molar-refractivity contribution in [2.24, 2.45) is 0 Å². The summed E-state index contributed by atoms with van der Waals surface area (Å²) in [5, 5.41) is -0.0365. The molecule has 0 saturated carbocycles. The van der Waals surface area contributed by atoms with Gasteiger partial charge in [-0.3, -0.25) is 0 Å². The fraction of sp³-hybridized carbons (Fsp3) is 0.500. The zero-order valence-corrected chi connectivity index (χ0v) is 23.0. The molecule has 0 spiro atoms. The highest BCUT2D eigenvalue weighted by molar-refractivity contribution is 8.05. The first kappa shape index (κ1) is 24.7. The fourth-order valence-electron chi connectivity index (χ4n) is 3.18. The van der Waals surface area contributed by atoms with Gasteiger partial charge in [0.15, 0.2) is 0 Å². The first-order chi connectivity index (χ1) is 14.7. The molecular formula is C24H32B2O3PS2. The summed E-state index contributed by atoms with van der Waals surface area (Å²) in [5.41, 5.74) is 1.16. The number of hydrogen-bond acceptors (Lipinski definition) is 5. The fourth-order valence-corrected chi connectivity index (χ4v) is 5.54. The molecule has 2 aromatic carbocycles. The van der Waals surface area contributed by atoms with Crippen molar-refractivity contribution in [1.29, 1.82) is 0 Å². The lowest BCUT2D eigenvalue weighted by Crippen LogP contribution is -2.45. The number of fused-ring (bicyclic) bond motifs is 2. The van der Waals surface area contributed by atoms with E-state index in [1.165, 1.54) is 19.6 Å². The second-order valence-corrected chi connectivity index (χ2v) is 14.3. The molecule has 2 aliphatic rings. The van der Waals surface area contributed by atoms with E-state index in [1.807, 2.05) is 19.2 Å². The van der Waals surface area contributed by atoms with E-state index in [0.717, 1.165) is 10.9 Å². The summed E-state index contributed by atoms with van der Waals surface area (Å²) >= 11 is 3.61. The van der Waals surface area contributed by atoms with Crippen molar-refractivity contribution in [3.63, 3.8) is 0 Å². The van der Waals surface area contributed by atoms with E-state index in [9.17, 15) is 0 Å². The lowest BCUT2D eigenvalue weighted by molar-refractivity contribution is 0.00578. The minimum absolute atomic E-state index is 0.0365. The Hall–Kier alpha value is -0.420. The molecule has 8 heteroatoms. The van der Waals surface area contributed by atoms with Gasteiger partial charge in [-0.1, -0.05) is 61.0 Å². The standard InChI is InChI=1S/C24H32B2O3PS2/c1-21(2)22(3,4)29-26(28-21)16-10-12-18-20(14-16)32-19-13-15(9-11-17(19)31-18)25-27-23(5,6)24(7,8)30/h9-14H,30H2,1-8H3. The van der Waals surface area contributed by atoms with Crippen LogP contribution in [-0.2, 0) is 14.0 Å². The minimum Gasteiger partial charge on any atom is -0.429 e. The summed E-state index contributed by atoms with van der Waals surface area (Å²) in [6.07, 6.45) is 0. The van der Waals surface area contributed by atoms with Gasteiger partial charge in [-0.15, -0.1) is 9.24 Å². The predicted molar refractivity (Wildman–Crippen MR) is 141 cm³/mol. The lowest BCUT2D eigenvalue weighted by Gasteiger charge is -2.39. The van der Waals surface area contributed by atoms with Gasteiger partial charge >= 0.3 is 14.6 Å². The third-order valence-electron chi connectivity index (χ3n) is 6.94. The summed E-state index contributed by atoms with van der Waals surface area (Å²) in [7, 11) is 4.42. The third kappa shape index (κ3) is 4.72.